The molecular weight excluding hydrogens is 254 g/mol. The molecule has 0 unspecified atom stereocenters. The van der Waals surface area contributed by atoms with Crippen molar-refractivity contribution in [2.45, 2.75) is 6.92 Å². The van der Waals surface area contributed by atoms with Crippen LogP contribution in [0.3, 0.4) is 0 Å². The van der Waals surface area contributed by atoms with Crippen LogP contribution < -0.4 is 15.4 Å². The lowest BCUT2D eigenvalue weighted by Gasteiger charge is -2.14. The van der Waals surface area contributed by atoms with Gasteiger partial charge in [0.15, 0.2) is 0 Å². The molecule has 20 heavy (non-hydrogen) atoms. The zero-order valence-electron chi connectivity index (χ0n) is 12.1. The van der Waals surface area contributed by atoms with Crippen molar-refractivity contribution in [2.75, 3.05) is 19.0 Å². The summed E-state index contributed by atoms with van der Waals surface area (Å²) in [5.41, 5.74) is 7.85. The molecule has 0 aliphatic heterocycles. The zero-order valence-corrected chi connectivity index (χ0v) is 12.1. The summed E-state index contributed by atoms with van der Waals surface area (Å²) in [5, 5.41) is 11.9. The molecule has 0 atom stereocenters. The standard InChI is InChI=1S/C14H19N5O/c1-9-12(13(15)16)14(19(4)17-9)20-11-7-5-6-10(8-11)18(2)3/h5-8H,1-4H3,(H3,15,16). The Kier molecular flexibility index (Phi) is 3.65. The van der Waals surface area contributed by atoms with Gasteiger partial charge in [0.2, 0.25) is 5.88 Å². The Hall–Kier alpha value is -2.50. The molecule has 0 saturated carbocycles. The topological polar surface area (TPSA) is 80.2 Å². The van der Waals surface area contributed by atoms with Gasteiger partial charge in [-0.25, -0.2) is 4.68 Å². The lowest BCUT2D eigenvalue weighted by molar-refractivity contribution is 0.430. The van der Waals surface area contributed by atoms with Crippen LogP contribution in [0, 0.1) is 12.3 Å². The van der Waals surface area contributed by atoms with Crippen molar-refractivity contribution in [1.29, 1.82) is 5.41 Å². The number of nitrogens with zero attached hydrogens (tertiary/aromatic N) is 3. The van der Waals surface area contributed by atoms with Gasteiger partial charge in [0.25, 0.3) is 0 Å². The van der Waals surface area contributed by atoms with Crippen LogP contribution in [0.5, 0.6) is 11.6 Å². The minimum atomic E-state index is -0.0469. The zero-order chi connectivity index (χ0) is 14.9. The number of nitrogens with two attached hydrogens (primary N) is 1. The number of aryl methyl sites for hydroxylation is 2. The maximum Gasteiger partial charge on any atom is 0.228 e. The Morgan fingerprint density at radius 2 is 2.10 bits per heavy atom. The second kappa shape index (κ2) is 5.24. The van der Waals surface area contributed by atoms with Crippen LogP contribution in [0.25, 0.3) is 0 Å². The largest absolute Gasteiger partial charge is 0.438 e. The van der Waals surface area contributed by atoms with Gasteiger partial charge in [-0.2, -0.15) is 5.10 Å². The first kappa shape index (κ1) is 13.9. The summed E-state index contributed by atoms with van der Waals surface area (Å²) in [4.78, 5) is 1.99. The van der Waals surface area contributed by atoms with Crippen molar-refractivity contribution in [2.24, 2.45) is 12.8 Å². The second-order valence-electron chi connectivity index (χ2n) is 4.80. The highest BCUT2D eigenvalue weighted by Crippen LogP contribution is 2.28. The van der Waals surface area contributed by atoms with E-state index in [-0.39, 0.29) is 5.84 Å². The van der Waals surface area contributed by atoms with Gasteiger partial charge >= 0.3 is 0 Å². The normalized spacial score (nSPS) is 10.4. The fourth-order valence-corrected chi connectivity index (χ4v) is 2.00. The molecule has 0 fully saturated rings. The second-order valence-corrected chi connectivity index (χ2v) is 4.80. The molecule has 0 saturated heterocycles. The maximum absolute atomic E-state index is 7.64. The number of amidine groups is 1. The molecule has 0 amide bonds. The number of hydrogen-bond donors (Lipinski definition) is 2. The van der Waals surface area contributed by atoms with E-state index < -0.39 is 0 Å². The minimum Gasteiger partial charge on any atom is -0.438 e. The monoisotopic (exact) mass is 273 g/mol. The van der Waals surface area contributed by atoms with Crippen molar-refractivity contribution >= 4 is 11.5 Å². The van der Waals surface area contributed by atoms with Crippen LogP contribution in [0.15, 0.2) is 24.3 Å². The van der Waals surface area contributed by atoms with Crippen molar-refractivity contribution in [3.63, 3.8) is 0 Å². The quantitative estimate of drug-likeness (QED) is 0.658. The Morgan fingerprint density at radius 1 is 1.40 bits per heavy atom. The van der Waals surface area contributed by atoms with Gasteiger partial charge in [-0.05, 0) is 19.1 Å². The minimum absolute atomic E-state index is 0.0469. The van der Waals surface area contributed by atoms with E-state index in [1.54, 1.807) is 18.7 Å². The summed E-state index contributed by atoms with van der Waals surface area (Å²) in [5.74, 6) is 1.11. The van der Waals surface area contributed by atoms with E-state index in [0.717, 1.165) is 5.69 Å². The molecule has 1 heterocycles. The summed E-state index contributed by atoms with van der Waals surface area (Å²) in [6, 6.07) is 7.69. The van der Waals surface area contributed by atoms with E-state index in [1.807, 2.05) is 43.3 Å². The summed E-state index contributed by atoms with van der Waals surface area (Å²) in [6.07, 6.45) is 0. The van der Waals surface area contributed by atoms with Gasteiger partial charge < -0.3 is 15.4 Å². The summed E-state index contributed by atoms with van der Waals surface area (Å²) < 4.78 is 7.46. The van der Waals surface area contributed by atoms with Crippen molar-refractivity contribution in [3.05, 3.63) is 35.5 Å². The number of rotatable bonds is 4. The third-order valence-corrected chi connectivity index (χ3v) is 2.99. The molecule has 3 N–H and O–H groups in total. The number of anilines is 1. The molecule has 0 aliphatic carbocycles. The van der Waals surface area contributed by atoms with Crippen molar-refractivity contribution in [3.8, 4) is 11.6 Å². The Morgan fingerprint density at radius 3 is 2.70 bits per heavy atom. The molecule has 2 rings (SSSR count). The molecular formula is C14H19N5O. The number of nitrogen functional groups attached to an aromatic ring is 1. The number of benzene rings is 1. The molecule has 0 spiro atoms. The van der Waals surface area contributed by atoms with Gasteiger partial charge in [-0.1, -0.05) is 6.07 Å². The van der Waals surface area contributed by atoms with Crippen LogP contribution in [-0.2, 0) is 7.05 Å². The van der Waals surface area contributed by atoms with E-state index in [2.05, 4.69) is 5.10 Å². The smallest absolute Gasteiger partial charge is 0.228 e. The average Bonchev–Trinajstić information content (AvgIpc) is 2.64. The molecule has 6 heteroatoms. The molecule has 0 aliphatic rings. The lowest BCUT2D eigenvalue weighted by Crippen LogP contribution is -2.13. The maximum atomic E-state index is 7.64. The predicted molar refractivity (Wildman–Crippen MR) is 79.8 cm³/mol. The molecule has 1 aromatic carbocycles. The van der Waals surface area contributed by atoms with Gasteiger partial charge in [0.05, 0.1) is 5.69 Å². The van der Waals surface area contributed by atoms with Crippen molar-refractivity contribution in [1.82, 2.24) is 9.78 Å². The number of aromatic nitrogens is 2. The molecule has 0 bridgehead atoms. The lowest BCUT2D eigenvalue weighted by atomic mass is 10.2. The van der Waals surface area contributed by atoms with Gasteiger partial charge in [0.1, 0.15) is 17.1 Å². The molecule has 1 aromatic heterocycles. The number of hydrogen-bond acceptors (Lipinski definition) is 4. The fraction of sp³-hybridized carbons (Fsp3) is 0.286. The Labute approximate surface area is 118 Å². The van der Waals surface area contributed by atoms with E-state index in [9.17, 15) is 0 Å². The first-order chi connectivity index (χ1) is 9.40. The highest BCUT2D eigenvalue weighted by molar-refractivity contribution is 5.98. The van der Waals surface area contributed by atoms with E-state index in [4.69, 9.17) is 15.9 Å². The third kappa shape index (κ3) is 2.59. The highest BCUT2D eigenvalue weighted by atomic mass is 16.5. The first-order valence-electron chi connectivity index (χ1n) is 6.23. The van der Waals surface area contributed by atoms with Gasteiger partial charge in [0, 0.05) is 32.9 Å². The molecule has 2 aromatic rings. The van der Waals surface area contributed by atoms with Crippen LogP contribution >= 0.6 is 0 Å². The Bertz CT molecular complexity index is 645. The molecule has 0 radical (unpaired) electrons. The third-order valence-electron chi connectivity index (χ3n) is 2.99. The van der Waals surface area contributed by atoms with E-state index in [0.29, 0.717) is 22.9 Å². The van der Waals surface area contributed by atoms with Crippen LogP contribution in [0.1, 0.15) is 11.3 Å². The van der Waals surface area contributed by atoms with Crippen LogP contribution in [-0.4, -0.2) is 29.7 Å². The summed E-state index contributed by atoms with van der Waals surface area (Å²) in [6.45, 7) is 1.81. The number of ether oxygens (including phenoxy) is 1. The highest BCUT2D eigenvalue weighted by Gasteiger charge is 2.18. The molecule has 6 nitrogen and oxygen atoms in total. The predicted octanol–water partition coefficient (Wildman–Crippen LogP) is 1.87. The van der Waals surface area contributed by atoms with E-state index in [1.165, 1.54) is 0 Å². The SMILES string of the molecule is Cc1nn(C)c(Oc2cccc(N(C)C)c2)c1C(=N)N. The van der Waals surface area contributed by atoms with Gasteiger partial charge in [-0.15, -0.1) is 0 Å². The number of nitrogens with one attached hydrogen (secondary N) is 1. The van der Waals surface area contributed by atoms with Gasteiger partial charge in [-0.3, -0.25) is 5.41 Å². The van der Waals surface area contributed by atoms with Crippen LogP contribution in [0.2, 0.25) is 0 Å². The van der Waals surface area contributed by atoms with Crippen molar-refractivity contribution < 1.29 is 4.74 Å². The Balaban J connectivity index is 2.40. The average molecular weight is 273 g/mol. The van der Waals surface area contributed by atoms with Crippen LogP contribution in [0.4, 0.5) is 5.69 Å². The first-order valence-corrected chi connectivity index (χ1v) is 6.23. The van der Waals surface area contributed by atoms with E-state index >= 15 is 0 Å². The summed E-state index contributed by atoms with van der Waals surface area (Å²) >= 11 is 0. The fourth-order valence-electron chi connectivity index (χ4n) is 2.00. The molecule has 106 valence electrons. The summed E-state index contributed by atoms with van der Waals surface area (Å²) in [7, 11) is 5.70.